The monoisotopic (exact) mass is 434 g/mol. The molecule has 2 aromatic carbocycles. The fraction of sp³-hybridized carbons (Fsp3) is 0.409. The van der Waals surface area contributed by atoms with E-state index in [9.17, 15) is 4.79 Å². The van der Waals surface area contributed by atoms with Crippen LogP contribution in [-0.2, 0) is 4.74 Å². The van der Waals surface area contributed by atoms with Crippen LogP contribution in [0.5, 0.6) is 40.2 Å². The van der Waals surface area contributed by atoms with Gasteiger partial charge in [0, 0.05) is 18.7 Å². The van der Waals surface area contributed by atoms with E-state index < -0.39 is 12.2 Å². The first-order valence-corrected chi connectivity index (χ1v) is 9.35. The van der Waals surface area contributed by atoms with Gasteiger partial charge in [0.15, 0.2) is 41.0 Å². The van der Waals surface area contributed by atoms with Gasteiger partial charge in [-0.25, -0.2) is 0 Å². The van der Waals surface area contributed by atoms with Gasteiger partial charge in [-0.15, -0.1) is 0 Å². The molecule has 9 nitrogen and oxygen atoms in total. The molecule has 0 amide bonds. The van der Waals surface area contributed by atoms with Gasteiger partial charge in [-0.3, -0.25) is 4.79 Å². The maximum atomic E-state index is 13.4. The Kier molecular flexibility index (Phi) is 6.65. The highest BCUT2D eigenvalue weighted by molar-refractivity contribution is 6.05. The number of Topliss-reactive ketones (excluding diaryl/α,β-unsaturated/α-hetero) is 1. The molecule has 0 fully saturated rings. The van der Waals surface area contributed by atoms with Crippen molar-refractivity contribution in [3.63, 3.8) is 0 Å². The van der Waals surface area contributed by atoms with Gasteiger partial charge < -0.3 is 37.9 Å². The minimum Gasteiger partial charge on any atom is -0.496 e. The highest BCUT2D eigenvalue weighted by atomic mass is 16.6. The van der Waals surface area contributed by atoms with E-state index in [1.807, 2.05) is 0 Å². The van der Waals surface area contributed by atoms with E-state index in [0.717, 1.165) is 0 Å². The largest absolute Gasteiger partial charge is 0.496 e. The number of benzene rings is 2. The Balaban J connectivity index is 2.24. The van der Waals surface area contributed by atoms with E-state index in [0.29, 0.717) is 34.3 Å². The third-order valence-corrected chi connectivity index (χ3v) is 5.12. The van der Waals surface area contributed by atoms with Gasteiger partial charge in [-0.1, -0.05) is 0 Å². The summed E-state index contributed by atoms with van der Waals surface area (Å²) in [7, 11) is 10.4. The van der Waals surface area contributed by atoms with Crippen LogP contribution in [0.4, 0.5) is 0 Å². The third-order valence-electron chi connectivity index (χ3n) is 5.12. The summed E-state index contributed by atoms with van der Waals surface area (Å²) < 4.78 is 44.5. The molecule has 1 aliphatic heterocycles. The summed E-state index contributed by atoms with van der Waals surface area (Å²) in [6.07, 6.45) is -1.81. The Hall–Kier alpha value is -3.33. The van der Waals surface area contributed by atoms with Crippen molar-refractivity contribution in [2.24, 2.45) is 0 Å². The SMILES string of the molecule is COc1cc(OC)c(C2Oc3c(cc(OC)c(OC)c3OC)C(=O)C2OC)cc1OC. The number of methoxy groups -OCH3 is 7. The van der Waals surface area contributed by atoms with Crippen molar-refractivity contribution in [2.75, 3.05) is 49.8 Å². The molecule has 0 aromatic heterocycles. The van der Waals surface area contributed by atoms with Gasteiger partial charge in [0.05, 0.1) is 48.2 Å². The minimum atomic E-state index is -0.956. The lowest BCUT2D eigenvalue weighted by Crippen LogP contribution is -2.38. The average Bonchev–Trinajstić information content (AvgIpc) is 2.81. The zero-order valence-electron chi connectivity index (χ0n) is 18.6. The van der Waals surface area contributed by atoms with Crippen LogP contribution in [0.3, 0.4) is 0 Å². The highest BCUT2D eigenvalue weighted by Crippen LogP contribution is 2.52. The standard InChI is InChI=1S/C22H26O9/c1-24-13-10-15(26-3)14(25-2)8-11(13)18-21(29-6)17(23)12-9-16(27-4)20(28-5)22(30-7)19(12)31-18/h8-10,18,21H,1-7H3. The summed E-state index contributed by atoms with van der Waals surface area (Å²) in [6, 6.07) is 4.91. The normalized spacial score (nSPS) is 17.3. The zero-order valence-corrected chi connectivity index (χ0v) is 18.6. The van der Waals surface area contributed by atoms with Crippen molar-refractivity contribution < 1.29 is 42.7 Å². The Morgan fingerprint density at radius 2 is 1.26 bits per heavy atom. The molecular weight excluding hydrogens is 408 g/mol. The fourth-order valence-electron chi connectivity index (χ4n) is 3.64. The third kappa shape index (κ3) is 3.65. The number of carbonyl (C=O) groups excluding carboxylic acids is 1. The maximum Gasteiger partial charge on any atom is 0.208 e. The maximum absolute atomic E-state index is 13.4. The van der Waals surface area contributed by atoms with Crippen molar-refractivity contribution in [3.05, 3.63) is 29.3 Å². The van der Waals surface area contributed by atoms with Crippen molar-refractivity contribution >= 4 is 5.78 Å². The van der Waals surface area contributed by atoms with E-state index in [2.05, 4.69) is 0 Å². The van der Waals surface area contributed by atoms with Gasteiger partial charge in [-0.2, -0.15) is 0 Å². The molecule has 1 heterocycles. The summed E-state index contributed by atoms with van der Waals surface area (Å²) in [5.74, 6) is 2.19. The Morgan fingerprint density at radius 1 is 0.677 bits per heavy atom. The quantitative estimate of drug-likeness (QED) is 0.622. The predicted molar refractivity (Wildman–Crippen MR) is 111 cm³/mol. The molecule has 0 radical (unpaired) electrons. The summed E-state index contributed by atoms with van der Waals surface area (Å²) in [5.41, 5.74) is 0.805. The van der Waals surface area contributed by atoms with Gasteiger partial charge in [0.1, 0.15) is 5.75 Å². The summed E-state index contributed by atoms with van der Waals surface area (Å²) in [5, 5.41) is 0. The van der Waals surface area contributed by atoms with E-state index in [-0.39, 0.29) is 22.8 Å². The zero-order chi connectivity index (χ0) is 22.7. The number of fused-ring (bicyclic) bond motifs is 1. The van der Waals surface area contributed by atoms with E-state index in [1.165, 1.54) is 49.8 Å². The fourth-order valence-corrected chi connectivity index (χ4v) is 3.64. The minimum absolute atomic E-state index is 0.222. The van der Waals surface area contributed by atoms with Crippen LogP contribution in [0.15, 0.2) is 18.2 Å². The molecule has 3 rings (SSSR count). The molecule has 0 N–H and O–H groups in total. The van der Waals surface area contributed by atoms with Gasteiger partial charge >= 0.3 is 0 Å². The van der Waals surface area contributed by atoms with E-state index >= 15 is 0 Å². The Labute approximate surface area is 180 Å². The first kappa shape index (κ1) is 22.4. The van der Waals surface area contributed by atoms with Crippen molar-refractivity contribution in [3.8, 4) is 40.2 Å². The Morgan fingerprint density at radius 3 is 1.77 bits per heavy atom. The topological polar surface area (TPSA) is 90.9 Å². The van der Waals surface area contributed by atoms with E-state index in [4.69, 9.17) is 37.9 Å². The number of carbonyl (C=O) groups is 1. The molecule has 168 valence electrons. The van der Waals surface area contributed by atoms with Crippen LogP contribution in [-0.4, -0.2) is 61.7 Å². The molecule has 0 bridgehead atoms. The molecule has 31 heavy (non-hydrogen) atoms. The summed E-state index contributed by atoms with van der Waals surface area (Å²) in [4.78, 5) is 13.4. The van der Waals surface area contributed by atoms with Crippen LogP contribution in [0, 0.1) is 0 Å². The Bertz CT molecular complexity index is 970. The first-order chi connectivity index (χ1) is 15.0. The second kappa shape index (κ2) is 9.22. The van der Waals surface area contributed by atoms with Crippen LogP contribution >= 0.6 is 0 Å². The van der Waals surface area contributed by atoms with Gasteiger partial charge in [0.2, 0.25) is 11.5 Å². The van der Waals surface area contributed by atoms with Crippen molar-refractivity contribution in [1.82, 2.24) is 0 Å². The second-order valence-corrected chi connectivity index (χ2v) is 6.53. The number of rotatable bonds is 8. The molecule has 1 aliphatic rings. The summed E-state index contributed by atoms with van der Waals surface area (Å²) >= 11 is 0. The molecule has 9 heteroatoms. The van der Waals surface area contributed by atoms with Crippen molar-refractivity contribution in [1.29, 1.82) is 0 Å². The molecule has 0 saturated heterocycles. The molecule has 2 atom stereocenters. The smallest absolute Gasteiger partial charge is 0.208 e. The predicted octanol–water partition coefficient (Wildman–Crippen LogP) is 3.07. The number of hydrogen-bond acceptors (Lipinski definition) is 9. The molecule has 0 saturated carbocycles. The lowest BCUT2D eigenvalue weighted by Gasteiger charge is -2.34. The van der Waals surface area contributed by atoms with Gasteiger partial charge in [-0.05, 0) is 12.1 Å². The number of ketones is 1. The highest BCUT2D eigenvalue weighted by Gasteiger charge is 2.43. The van der Waals surface area contributed by atoms with E-state index in [1.54, 1.807) is 18.2 Å². The first-order valence-electron chi connectivity index (χ1n) is 9.35. The summed E-state index contributed by atoms with van der Waals surface area (Å²) in [6.45, 7) is 0. The van der Waals surface area contributed by atoms with Crippen LogP contribution in [0.1, 0.15) is 22.0 Å². The molecule has 0 aliphatic carbocycles. The average molecular weight is 434 g/mol. The van der Waals surface area contributed by atoms with Crippen LogP contribution in [0.25, 0.3) is 0 Å². The second-order valence-electron chi connectivity index (χ2n) is 6.53. The molecule has 2 unspecified atom stereocenters. The molecule has 0 spiro atoms. The van der Waals surface area contributed by atoms with Crippen molar-refractivity contribution in [2.45, 2.75) is 12.2 Å². The van der Waals surface area contributed by atoms with Crippen LogP contribution in [0.2, 0.25) is 0 Å². The van der Waals surface area contributed by atoms with Gasteiger partial charge in [0.25, 0.3) is 0 Å². The molecular formula is C22H26O9. The lowest BCUT2D eigenvalue weighted by molar-refractivity contribution is -0.00266. The van der Waals surface area contributed by atoms with Crippen LogP contribution < -0.4 is 33.2 Å². The number of hydrogen-bond donors (Lipinski definition) is 0. The lowest BCUT2D eigenvalue weighted by atomic mass is 9.92. The molecule has 2 aromatic rings. The number of ether oxygens (including phenoxy) is 8.